The number of aromatic nitrogens is 2. The third-order valence-electron chi connectivity index (χ3n) is 8.64. The van der Waals surface area contributed by atoms with Crippen LogP contribution < -0.4 is 0 Å². The average Bonchev–Trinajstić information content (AvgIpc) is 3.70. The maximum absolute atomic E-state index is 6.43. The van der Waals surface area contributed by atoms with E-state index in [4.69, 9.17) is 9.40 Å². The van der Waals surface area contributed by atoms with Gasteiger partial charge < -0.3 is 14.4 Å². The van der Waals surface area contributed by atoms with Gasteiger partial charge in [0.2, 0.25) is 0 Å². The predicted molar refractivity (Wildman–Crippen MR) is 198 cm³/mol. The summed E-state index contributed by atoms with van der Waals surface area (Å²) in [4.78, 5) is 9.28. The first kappa shape index (κ1) is 33.5. The van der Waals surface area contributed by atoms with Crippen molar-refractivity contribution in [2.24, 2.45) is 0 Å². The Labute approximate surface area is 300 Å². The number of rotatable bonds is 3. The molecule has 0 spiro atoms. The molecule has 0 fully saturated rings. The van der Waals surface area contributed by atoms with Crippen LogP contribution in [0.25, 0.3) is 65.7 Å². The van der Waals surface area contributed by atoms with Gasteiger partial charge in [0.25, 0.3) is 0 Å². The average molecular weight is 821 g/mol. The molecule has 5 heteroatoms. The third kappa shape index (κ3) is 6.39. The van der Waals surface area contributed by atoms with Gasteiger partial charge in [-0.1, -0.05) is 68.1 Å². The molecule has 3 nitrogen and oxygen atoms in total. The molecule has 0 unspecified atom stereocenters. The van der Waals surface area contributed by atoms with Crippen LogP contribution in [0.15, 0.2) is 113 Å². The van der Waals surface area contributed by atoms with Crippen LogP contribution in [0.1, 0.15) is 43.0 Å². The zero-order valence-corrected chi connectivity index (χ0v) is 31.1. The summed E-state index contributed by atoms with van der Waals surface area (Å²) in [5.74, 6) is 0. The summed E-state index contributed by atoms with van der Waals surface area (Å²) < 4.78 is 7.70. The van der Waals surface area contributed by atoms with Crippen LogP contribution in [0.3, 0.4) is 0 Å². The van der Waals surface area contributed by atoms with E-state index in [1.54, 1.807) is 11.3 Å². The van der Waals surface area contributed by atoms with E-state index < -0.39 is 0 Å². The summed E-state index contributed by atoms with van der Waals surface area (Å²) in [6.45, 7) is 13.2. The molecule has 0 aliphatic rings. The molecule has 0 N–H and O–H groups in total. The first-order chi connectivity index (χ1) is 22.7. The minimum atomic E-state index is -0.0492. The molecule has 4 aromatic heterocycles. The van der Waals surface area contributed by atoms with Crippen molar-refractivity contribution >= 4 is 43.4 Å². The Morgan fingerprint density at radius 2 is 1.52 bits per heavy atom. The molecule has 0 bridgehead atoms. The SMILES string of the molecule is Cc1ccc(-c2[c-]cccc2)nc1.Cc1cccc(C)c1-c1cnc(-c2[c-]ccc3c2oc2ccc4sccc4c23)cc1C(C)(C)C.[Ir]. The summed E-state index contributed by atoms with van der Waals surface area (Å²) in [5.41, 5.74) is 13.0. The number of pyridine rings is 2. The van der Waals surface area contributed by atoms with Crippen molar-refractivity contribution in [2.45, 2.75) is 47.0 Å². The molecule has 48 heavy (non-hydrogen) atoms. The van der Waals surface area contributed by atoms with Gasteiger partial charge in [-0.2, -0.15) is 0 Å². The van der Waals surface area contributed by atoms with Crippen LogP contribution in [0.4, 0.5) is 0 Å². The Kier molecular flexibility index (Phi) is 9.49. The van der Waals surface area contributed by atoms with E-state index in [1.165, 1.54) is 48.9 Å². The number of hydrogen-bond acceptors (Lipinski definition) is 4. The first-order valence-corrected chi connectivity index (χ1v) is 16.8. The van der Waals surface area contributed by atoms with Crippen LogP contribution in [-0.2, 0) is 25.5 Å². The van der Waals surface area contributed by atoms with Crippen molar-refractivity contribution in [1.29, 1.82) is 0 Å². The van der Waals surface area contributed by atoms with Crippen LogP contribution in [0.5, 0.6) is 0 Å². The number of nitrogens with zero attached hydrogens (tertiary/aromatic N) is 2. The van der Waals surface area contributed by atoms with E-state index in [0.717, 1.165) is 39.1 Å². The number of fused-ring (bicyclic) bond motifs is 5. The van der Waals surface area contributed by atoms with E-state index in [9.17, 15) is 0 Å². The second kappa shape index (κ2) is 13.6. The third-order valence-corrected chi connectivity index (χ3v) is 9.52. The number of thiophene rings is 1. The summed E-state index contributed by atoms with van der Waals surface area (Å²) in [6.07, 6.45) is 3.91. The van der Waals surface area contributed by atoms with E-state index in [0.29, 0.717) is 0 Å². The molecule has 0 aliphatic heterocycles. The van der Waals surface area contributed by atoms with E-state index in [-0.39, 0.29) is 25.5 Å². The topological polar surface area (TPSA) is 38.9 Å². The fourth-order valence-electron chi connectivity index (χ4n) is 6.31. The standard InChI is InChI=1S/C31H26NOS.C12H10N.Ir/c1-18-8-6-9-19(2)28(18)23-17-32-25(16-24(23)31(3,4)5)20-10-7-11-22-29-21-14-15-34-27(21)13-12-26(29)33-30(20)22;1-10-7-8-12(13-9-10)11-5-3-2-4-6-11;/h6-9,11-17H,1-5H3;2-5,7-9H,1H3;/q2*-1;. The predicted octanol–water partition coefficient (Wildman–Crippen LogP) is 12.1. The Bertz CT molecular complexity index is 2340. The Hall–Kier alpha value is -4.41. The van der Waals surface area contributed by atoms with E-state index in [2.05, 4.69) is 112 Å². The molecular formula is C43H36IrN2OS-2. The van der Waals surface area contributed by atoms with Gasteiger partial charge in [0.15, 0.2) is 0 Å². The zero-order valence-electron chi connectivity index (χ0n) is 27.9. The van der Waals surface area contributed by atoms with Gasteiger partial charge in [0, 0.05) is 53.5 Å². The Morgan fingerprint density at radius 3 is 2.23 bits per heavy atom. The van der Waals surface area contributed by atoms with Crippen LogP contribution in [0.2, 0.25) is 0 Å². The summed E-state index contributed by atoms with van der Waals surface area (Å²) in [5, 5.41) is 5.67. The van der Waals surface area contributed by atoms with Gasteiger partial charge in [0.05, 0.1) is 5.58 Å². The molecule has 0 amide bonds. The Morgan fingerprint density at radius 1 is 0.729 bits per heavy atom. The van der Waals surface area contributed by atoms with Crippen molar-refractivity contribution in [3.05, 3.63) is 143 Å². The molecule has 4 heterocycles. The van der Waals surface area contributed by atoms with Crippen LogP contribution in [0, 0.1) is 32.9 Å². The van der Waals surface area contributed by atoms with Gasteiger partial charge in [-0.3, -0.25) is 0 Å². The Balaban J connectivity index is 0.000000241. The molecule has 1 radical (unpaired) electrons. The summed E-state index contributed by atoms with van der Waals surface area (Å²) >= 11 is 1.76. The fourth-order valence-corrected chi connectivity index (χ4v) is 7.10. The molecule has 0 atom stereocenters. The number of furan rings is 1. The molecule has 0 saturated carbocycles. The van der Waals surface area contributed by atoms with Crippen molar-refractivity contribution in [2.75, 3.05) is 0 Å². The van der Waals surface area contributed by atoms with Crippen molar-refractivity contribution in [3.8, 4) is 33.6 Å². The van der Waals surface area contributed by atoms with Gasteiger partial charge in [-0.05, 0) is 89.0 Å². The van der Waals surface area contributed by atoms with Gasteiger partial charge in [-0.15, -0.1) is 65.4 Å². The maximum Gasteiger partial charge on any atom is 0.121 e. The molecule has 0 aliphatic carbocycles. The van der Waals surface area contributed by atoms with E-state index >= 15 is 0 Å². The van der Waals surface area contributed by atoms with Crippen LogP contribution in [-0.4, -0.2) is 9.97 Å². The normalized spacial score (nSPS) is 11.4. The molecule has 0 saturated heterocycles. The largest absolute Gasteiger partial charge is 0.501 e. The smallest absolute Gasteiger partial charge is 0.121 e. The first-order valence-electron chi connectivity index (χ1n) is 15.9. The molecule has 8 aromatic rings. The quantitative estimate of drug-likeness (QED) is 0.167. The van der Waals surface area contributed by atoms with Crippen molar-refractivity contribution in [1.82, 2.24) is 9.97 Å². The monoisotopic (exact) mass is 821 g/mol. The number of benzene rings is 4. The van der Waals surface area contributed by atoms with Gasteiger partial charge >= 0.3 is 0 Å². The number of hydrogen-bond donors (Lipinski definition) is 0. The second-order valence-corrected chi connectivity index (χ2v) is 14.0. The zero-order chi connectivity index (χ0) is 32.7. The minimum absolute atomic E-state index is 0. The maximum atomic E-state index is 6.43. The number of aryl methyl sites for hydroxylation is 3. The molecule has 8 rings (SSSR count). The van der Waals surface area contributed by atoms with Crippen molar-refractivity contribution in [3.63, 3.8) is 0 Å². The second-order valence-electron chi connectivity index (χ2n) is 13.1. The van der Waals surface area contributed by atoms with Crippen molar-refractivity contribution < 1.29 is 24.5 Å². The minimum Gasteiger partial charge on any atom is -0.501 e. The van der Waals surface area contributed by atoms with E-state index in [1.807, 2.05) is 55.7 Å². The van der Waals surface area contributed by atoms with Gasteiger partial charge in [0.1, 0.15) is 5.58 Å². The molecule has 241 valence electrons. The summed E-state index contributed by atoms with van der Waals surface area (Å²) in [6, 6.07) is 37.7. The molecule has 4 aromatic carbocycles. The van der Waals surface area contributed by atoms with Crippen LogP contribution >= 0.6 is 11.3 Å². The molecular weight excluding hydrogens is 785 g/mol. The van der Waals surface area contributed by atoms with Gasteiger partial charge in [-0.25, -0.2) is 0 Å². The summed E-state index contributed by atoms with van der Waals surface area (Å²) in [7, 11) is 0. The fraction of sp³-hybridized carbons (Fsp3) is 0.163.